The highest BCUT2D eigenvalue weighted by Gasteiger charge is 2.11. The van der Waals surface area contributed by atoms with Crippen molar-refractivity contribution in [1.82, 2.24) is 0 Å². The minimum atomic E-state index is -0.293. The van der Waals surface area contributed by atoms with Gasteiger partial charge in [-0.2, -0.15) is 0 Å². The summed E-state index contributed by atoms with van der Waals surface area (Å²) in [6.07, 6.45) is 12.5. The average Bonchev–Trinajstić information content (AvgIpc) is 2.67. The van der Waals surface area contributed by atoms with Crippen LogP contribution >= 0.6 is 0 Å². The van der Waals surface area contributed by atoms with Crippen LogP contribution in [0.4, 0.5) is 0 Å². The van der Waals surface area contributed by atoms with Crippen LogP contribution < -0.4 is 19.9 Å². The number of hydrogen-bond acceptors (Lipinski definition) is 5. The third-order valence-corrected chi connectivity index (χ3v) is 3.60. The zero-order chi connectivity index (χ0) is 20.1. The minimum absolute atomic E-state index is 0.293. The van der Waals surface area contributed by atoms with Crippen molar-refractivity contribution in [3.63, 3.8) is 0 Å². The molecule has 146 valence electrons. The SMILES string of the molecule is COc1cc(/C=C/C(C)=C/C=C\C=N\CCCC(N)=O)cc(OC)c1OC. The molecule has 0 saturated carbocycles. The predicted molar refractivity (Wildman–Crippen MR) is 110 cm³/mol. The van der Waals surface area contributed by atoms with Crippen LogP contribution in [0.3, 0.4) is 0 Å². The van der Waals surface area contributed by atoms with E-state index in [0.717, 1.165) is 11.1 Å². The van der Waals surface area contributed by atoms with E-state index in [9.17, 15) is 4.79 Å². The summed E-state index contributed by atoms with van der Waals surface area (Å²) in [5.41, 5.74) is 7.08. The second-order valence-corrected chi connectivity index (χ2v) is 5.71. The van der Waals surface area contributed by atoms with Crippen LogP contribution in [0, 0.1) is 0 Å². The first kappa shape index (κ1) is 22.0. The number of methoxy groups -OCH3 is 3. The van der Waals surface area contributed by atoms with Crippen LogP contribution in [0.25, 0.3) is 6.08 Å². The third-order valence-electron chi connectivity index (χ3n) is 3.60. The molecule has 0 aliphatic heterocycles. The summed E-state index contributed by atoms with van der Waals surface area (Å²) in [4.78, 5) is 14.8. The molecule has 27 heavy (non-hydrogen) atoms. The van der Waals surface area contributed by atoms with Gasteiger partial charge >= 0.3 is 0 Å². The van der Waals surface area contributed by atoms with E-state index in [4.69, 9.17) is 19.9 Å². The van der Waals surface area contributed by atoms with Gasteiger partial charge in [-0.25, -0.2) is 0 Å². The van der Waals surface area contributed by atoms with Crippen molar-refractivity contribution in [2.24, 2.45) is 10.7 Å². The van der Waals surface area contributed by atoms with Crippen LogP contribution in [0.2, 0.25) is 0 Å². The lowest BCUT2D eigenvalue weighted by atomic mass is 10.1. The molecule has 0 aromatic heterocycles. The Labute approximate surface area is 161 Å². The van der Waals surface area contributed by atoms with E-state index in [0.29, 0.717) is 36.6 Å². The summed E-state index contributed by atoms with van der Waals surface area (Å²) in [6.45, 7) is 2.60. The van der Waals surface area contributed by atoms with Crippen LogP contribution in [0.5, 0.6) is 17.2 Å². The molecule has 1 rings (SSSR count). The fourth-order valence-corrected chi connectivity index (χ4v) is 2.22. The number of hydrogen-bond donors (Lipinski definition) is 1. The molecule has 0 atom stereocenters. The standard InChI is InChI=1S/C21H28N2O4/c1-16(8-5-6-12-23-13-7-9-20(22)24)10-11-17-14-18(25-2)21(27-4)19(15-17)26-3/h5-6,8,10-12,14-15H,7,9,13H2,1-4H3,(H2,22,24)/b6-5-,11-10+,16-8+,23-12+. The first-order valence-electron chi connectivity index (χ1n) is 8.61. The lowest BCUT2D eigenvalue weighted by molar-refractivity contribution is -0.118. The molecule has 0 saturated heterocycles. The smallest absolute Gasteiger partial charge is 0.217 e. The van der Waals surface area contributed by atoms with Gasteiger partial charge in [0.2, 0.25) is 11.7 Å². The van der Waals surface area contributed by atoms with Gasteiger partial charge in [0.05, 0.1) is 21.3 Å². The Morgan fingerprint density at radius 1 is 1.11 bits per heavy atom. The summed E-state index contributed by atoms with van der Waals surface area (Å²) in [5, 5.41) is 0. The summed E-state index contributed by atoms with van der Waals surface area (Å²) < 4.78 is 16.0. The van der Waals surface area contributed by atoms with Crippen LogP contribution in [-0.2, 0) is 4.79 Å². The maximum Gasteiger partial charge on any atom is 0.217 e. The molecule has 0 radical (unpaired) electrons. The Hall–Kier alpha value is -3.02. The molecule has 0 aliphatic carbocycles. The number of benzene rings is 1. The van der Waals surface area contributed by atoms with Gasteiger partial charge in [-0.05, 0) is 37.1 Å². The molecule has 1 aromatic rings. The molecule has 0 bridgehead atoms. The van der Waals surface area contributed by atoms with Gasteiger partial charge in [0.1, 0.15) is 0 Å². The number of nitrogens with zero attached hydrogens (tertiary/aromatic N) is 1. The van der Waals surface area contributed by atoms with Crippen LogP contribution in [-0.4, -0.2) is 40.0 Å². The molecule has 0 aliphatic rings. The number of amides is 1. The van der Waals surface area contributed by atoms with Crippen molar-refractivity contribution in [2.45, 2.75) is 19.8 Å². The van der Waals surface area contributed by atoms with E-state index in [-0.39, 0.29) is 5.91 Å². The molecule has 0 unspecified atom stereocenters. The highest BCUT2D eigenvalue weighted by Crippen LogP contribution is 2.38. The summed E-state index contributed by atoms with van der Waals surface area (Å²) in [7, 11) is 4.77. The molecule has 6 heteroatoms. The van der Waals surface area contributed by atoms with E-state index in [1.54, 1.807) is 27.5 Å². The van der Waals surface area contributed by atoms with Crippen molar-refractivity contribution in [2.75, 3.05) is 27.9 Å². The third kappa shape index (κ3) is 8.27. The quantitative estimate of drug-likeness (QED) is 0.366. The van der Waals surface area contributed by atoms with Gasteiger partial charge in [-0.1, -0.05) is 29.9 Å². The second kappa shape index (κ2) is 12.4. The number of primary amides is 1. The van der Waals surface area contributed by atoms with Crippen molar-refractivity contribution in [3.8, 4) is 17.2 Å². The topological polar surface area (TPSA) is 83.1 Å². The summed E-state index contributed by atoms with van der Waals surface area (Å²) >= 11 is 0. The van der Waals surface area contributed by atoms with Gasteiger partial charge < -0.3 is 19.9 Å². The van der Waals surface area contributed by atoms with E-state index < -0.39 is 0 Å². The number of carbonyl (C=O) groups is 1. The largest absolute Gasteiger partial charge is 0.493 e. The first-order valence-corrected chi connectivity index (χ1v) is 8.61. The summed E-state index contributed by atoms with van der Waals surface area (Å²) in [5.74, 6) is 1.51. The van der Waals surface area contributed by atoms with Crippen LogP contribution in [0.15, 0.2) is 47.0 Å². The zero-order valence-corrected chi connectivity index (χ0v) is 16.4. The number of carbonyl (C=O) groups excluding carboxylic acids is 1. The molecule has 0 fully saturated rings. The Morgan fingerprint density at radius 3 is 2.33 bits per heavy atom. The normalized spacial score (nSPS) is 12.2. The van der Waals surface area contributed by atoms with Gasteiger partial charge in [-0.3, -0.25) is 9.79 Å². The highest BCUT2D eigenvalue weighted by molar-refractivity contribution is 5.74. The number of allylic oxidation sites excluding steroid dienone is 5. The van der Waals surface area contributed by atoms with E-state index in [2.05, 4.69) is 4.99 Å². The first-order chi connectivity index (χ1) is 13.0. The Morgan fingerprint density at radius 2 is 1.78 bits per heavy atom. The fourth-order valence-electron chi connectivity index (χ4n) is 2.22. The molecule has 6 nitrogen and oxygen atoms in total. The average molecular weight is 372 g/mol. The number of aliphatic imine (C=N–C) groups is 1. The number of rotatable bonds is 11. The van der Waals surface area contributed by atoms with Gasteiger partial charge in [-0.15, -0.1) is 0 Å². The predicted octanol–water partition coefficient (Wildman–Crippen LogP) is 3.56. The van der Waals surface area contributed by atoms with Gasteiger partial charge in [0.15, 0.2) is 11.5 Å². The van der Waals surface area contributed by atoms with Crippen molar-refractivity contribution < 1.29 is 19.0 Å². The summed E-state index contributed by atoms with van der Waals surface area (Å²) in [6, 6.07) is 3.78. The molecule has 2 N–H and O–H groups in total. The van der Waals surface area contributed by atoms with Crippen molar-refractivity contribution in [1.29, 1.82) is 0 Å². The van der Waals surface area contributed by atoms with Gasteiger partial charge in [0.25, 0.3) is 0 Å². The van der Waals surface area contributed by atoms with E-state index >= 15 is 0 Å². The van der Waals surface area contributed by atoms with E-state index in [1.807, 2.05) is 49.4 Å². The zero-order valence-electron chi connectivity index (χ0n) is 16.4. The van der Waals surface area contributed by atoms with E-state index in [1.165, 1.54) is 0 Å². The fraction of sp³-hybridized carbons (Fsp3) is 0.333. The molecule has 1 amide bonds. The number of ether oxygens (including phenoxy) is 3. The monoisotopic (exact) mass is 372 g/mol. The molecular formula is C21H28N2O4. The Kier molecular flexibility index (Phi) is 10.1. The lowest BCUT2D eigenvalue weighted by Gasteiger charge is -2.12. The Balaban J connectivity index is 2.67. The van der Waals surface area contributed by atoms with Crippen LogP contribution in [0.1, 0.15) is 25.3 Å². The lowest BCUT2D eigenvalue weighted by Crippen LogP contribution is -2.10. The highest BCUT2D eigenvalue weighted by atomic mass is 16.5. The molecule has 0 heterocycles. The number of nitrogens with two attached hydrogens (primary N) is 1. The Bertz CT molecular complexity index is 709. The molecular weight excluding hydrogens is 344 g/mol. The maximum atomic E-state index is 10.6. The van der Waals surface area contributed by atoms with Crippen molar-refractivity contribution >= 4 is 18.2 Å². The maximum absolute atomic E-state index is 10.6. The minimum Gasteiger partial charge on any atom is -0.493 e. The molecule has 0 spiro atoms. The van der Waals surface area contributed by atoms with Gasteiger partial charge in [0, 0.05) is 19.2 Å². The molecule has 1 aromatic carbocycles. The second-order valence-electron chi connectivity index (χ2n) is 5.71. The van der Waals surface area contributed by atoms with Crippen molar-refractivity contribution in [3.05, 3.63) is 47.6 Å².